The van der Waals surface area contributed by atoms with E-state index in [1.54, 1.807) is 0 Å². The Labute approximate surface area is 91.0 Å². The van der Waals surface area contributed by atoms with Crippen molar-refractivity contribution in [1.82, 2.24) is 9.97 Å². The van der Waals surface area contributed by atoms with Crippen LogP contribution in [0.15, 0.2) is 0 Å². The molecular formula is C7H9Cl2N3O2. The third-order valence-electron chi connectivity index (χ3n) is 1.41. The fraction of sp³-hybridized carbons (Fsp3) is 0.429. The molecule has 0 spiro atoms. The molecule has 78 valence electrons. The number of nitrogens with zero attached hydrogens (tertiary/aromatic N) is 2. The first-order chi connectivity index (χ1) is 6.69. The van der Waals surface area contributed by atoms with Gasteiger partial charge in [-0.25, -0.2) is 4.98 Å². The maximum absolute atomic E-state index is 8.62. The van der Waals surface area contributed by atoms with Crippen LogP contribution < -0.4 is 10.1 Å². The van der Waals surface area contributed by atoms with Gasteiger partial charge in [0.2, 0.25) is 5.28 Å². The molecule has 1 aromatic heterocycles. The van der Waals surface area contributed by atoms with Crippen molar-refractivity contribution in [2.45, 2.75) is 0 Å². The van der Waals surface area contributed by atoms with E-state index >= 15 is 0 Å². The number of halogens is 2. The lowest BCUT2D eigenvalue weighted by Crippen LogP contribution is -2.09. The molecule has 7 heteroatoms. The zero-order valence-electron chi connectivity index (χ0n) is 7.42. The van der Waals surface area contributed by atoms with Crippen molar-refractivity contribution >= 4 is 29.0 Å². The van der Waals surface area contributed by atoms with Crippen molar-refractivity contribution in [2.75, 3.05) is 25.6 Å². The van der Waals surface area contributed by atoms with Gasteiger partial charge in [0.05, 0.1) is 13.7 Å². The number of ether oxygens (including phenoxy) is 1. The van der Waals surface area contributed by atoms with Crippen LogP contribution in [-0.4, -0.2) is 35.3 Å². The van der Waals surface area contributed by atoms with Gasteiger partial charge in [-0.3, -0.25) is 0 Å². The Morgan fingerprint density at radius 1 is 1.43 bits per heavy atom. The first-order valence-corrected chi connectivity index (χ1v) is 4.56. The van der Waals surface area contributed by atoms with Crippen LogP contribution in [0.2, 0.25) is 10.4 Å². The number of hydrogen-bond donors (Lipinski definition) is 2. The molecule has 0 aliphatic rings. The van der Waals surface area contributed by atoms with E-state index in [-0.39, 0.29) is 17.0 Å². The average Bonchev–Trinajstić information content (AvgIpc) is 2.14. The summed E-state index contributed by atoms with van der Waals surface area (Å²) in [6, 6.07) is 0. The molecule has 0 saturated heterocycles. The predicted molar refractivity (Wildman–Crippen MR) is 54.2 cm³/mol. The zero-order chi connectivity index (χ0) is 10.6. The maximum Gasteiger partial charge on any atom is 0.226 e. The molecular weight excluding hydrogens is 229 g/mol. The SMILES string of the molecule is COc1c(Cl)nc(Cl)nc1NCCO. The minimum atomic E-state index is -0.0254. The largest absolute Gasteiger partial charge is 0.490 e. The summed E-state index contributed by atoms with van der Waals surface area (Å²) < 4.78 is 4.97. The fourth-order valence-electron chi connectivity index (χ4n) is 0.873. The molecule has 0 saturated carbocycles. The summed E-state index contributed by atoms with van der Waals surface area (Å²) in [6.45, 7) is 0.308. The van der Waals surface area contributed by atoms with Crippen LogP contribution >= 0.6 is 23.2 Å². The standard InChI is InChI=1S/C7H9Cl2N3O2/c1-14-4-5(8)11-7(9)12-6(4)10-2-3-13/h13H,2-3H2,1H3,(H,10,11,12). The molecule has 1 heterocycles. The van der Waals surface area contributed by atoms with Gasteiger partial charge in [-0.05, 0) is 11.6 Å². The highest BCUT2D eigenvalue weighted by atomic mass is 35.5. The molecule has 0 bridgehead atoms. The van der Waals surface area contributed by atoms with Gasteiger partial charge in [0.15, 0.2) is 16.7 Å². The molecule has 2 N–H and O–H groups in total. The smallest absolute Gasteiger partial charge is 0.226 e. The normalized spacial score (nSPS) is 10.0. The molecule has 1 aromatic rings. The summed E-state index contributed by atoms with van der Waals surface area (Å²) >= 11 is 11.3. The van der Waals surface area contributed by atoms with Gasteiger partial charge in [0.1, 0.15) is 0 Å². The summed E-state index contributed by atoms with van der Waals surface area (Å²) in [5, 5.41) is 11.6. The molecule has 0 radical (unpaired) electrons. The third-order valence-corrected chi connectivity index (χ3v) is 1.83. The van der Waals surface area contributed by atoms with Gasteiger partial charge in [-0.1, -0.05) is 11.6 Å². The minimum Gasteiger partial charge on any atom is -0.490 e. The van der Waals surface area contributed by atoms with E-state index in [2.05, 4.69) is 15.3 Å². The summed E-state index contributed by atoms with van der Waals surface area (Å²) in [4.78, 5) is 7.57. The quantitative estimate of drug-likeness (QED) is 0.609. The first kappa shape index (κ1) is 11.3. The number of aromatic nitrogens is 2. The van der Waals surface area contributed by atoms with E-state index in [1.165, 1.54) is 7.11 Å². The summed E-state index contributed by atoms with van der Waals surface area (Å²) in [5.74, 6) is 0.677. The number of aliphatic hydroxyl groups is 1. The van der Waals surface area contributed by atoms with Crippen molar-refractivity contribution in [1.29, 1.82) is 0 Å². The monoisotopic (exact) mass is 237 g/mol. The number of aliphatic hydroxyl groups excluding tert-OH is 1. The fourth-order valence-corrected chi connectivity index (χ4v) is 1.33. The molecule has 0 aromatic carbocycles. The van der Waals surface area contributed by atoms with Crippen LogP contribution in [0.5, 0.6) is 5.75 Å². The topological polar surface area (TPSA) is 67.3 Å². The number of methoxy groups -OCH3 is 1. The van der Waals surface area contributed by atoms with E-state index in [1.807, 2.05) is 0 Å². The van der Waals surface area contributed by atoms with Gasteiger partial charge in [0.25, 0.3) is 0 Å². The minimum absolute atomic E-state index is 0.0243. The van der Waals surface area contributed by atoms with E-state index in [0.717, 1.165) is 0 Å². The van der Waals surface area contributed by atoms with Crippen LogP contribution in [0.4, 0.5) is 5.82 Å². The van der Waals surface area contributed by atoms with Gasteiger partial charge in [-0.2, -0.15) is 4.98 Å². The summed E-state index contributed by atoms with van der Waals surface area (Å²) in [5.41, 5.74) is 0. The van der Waals surface area contributed by atoms with Crippen molar-refractivity contribution in [3.63, 3.8) is 0 Å². The lowest BCUT2D eigenvalue weighted by atomic mass is 10.5. The Balaban J connectivity index is 2.99. The van der Waals surface area contributed by atoms with E-state index in [4.69, 9.17) is 33.0 Å². The molecule has 0 aliphatic carbocycles. The Morgan fingerprint density at radius 2 is 2.14 bits per heavy atom. The van der Waals surface area contributed by atoms with Gasteiger partial charge >= 0.3 is 0 Å². The van der Waals surface area contributed by atoms with Gasteiger partial charge in [0, 0.05) is 6.54 Å². The van der Waals surface area contributed by atoms with Gasteiger partial charge in [-0.15, -0.1) is 0 Å². The molecule has 0 aliphatic heterocycles. The van der Waals surface area contributed by atoms with Crippen molar-refractivity contribution in [3.05, 3.63) is 10.4 Å². The van der Waals surface area contributed by atoms with Crippen LogP contribution in [-0.2, 0) is 0 Å². The highest BCUT2D eigenvalue weighted by Crippen LogP contribution is 2.30. The van der Waals surface area contributed by atoms with E-state index in [0.29, 0.717) is 18.1 Å². The summed E-state index contributed by atoms with van der Waals surface area (Å²) in [6.07, 6.45) is 0. The summed E-state index contributed by atoms with van der Waals surface area (Å²) in [7, 11) is 1.45. The van der Waals surface area contributed by atoms with Gasteiger partial charge < -0.3 is 15.2 Å². The highest BCUT2D eigenvalue weighted by Gasteiger charge is 2.11. The van der Waals surface area contributed by atoms with E-state index in [9.17, 15) is 0 Å². The van der Waals surface area contributed by atoms with Crippen LogP contribution in [0.3, 0.4) is 0 Å². The second kappa shape index (κ2) is 5.19. The average molecular weight is 238 g/mol. The Bertz CT molecular complexity index is 322. The number of rotatable bonds is 4. The zero-order valence-corrected chi connectivity index (χ0v) is 8.93. The van der Waals surface area contributed by atoms with Crippen molar-refractivity contribution < 1.29 is 9.84 Å². The number of nitrogens with one attached hydrogen (secondary N) is 1. The lowest BCUT2D eigenvalue weighted by Gasteiger charge is -2.09. The molecule has 0 amide bonds. The van der Waals surface area contributed by atoms with Crippen LogP contribution in [0.1, 0.15) is 0 Å². The van der Waals surface area contributed by atoms with E-state index < -0.39 is 0 Å². The molecule has 1 rings (SSSR count). The maximum atomic E-state index is 8.62. The molecule has 5 nitrogen and oxygen atoms in total. The number of anilines is 1. The lowest BCUT2D eigenvalue weighted by molar-refractivity contribution is 0.310. The highest BCUT2D eigenvalue weighted by molar-refractivity contribution is 6.33. The Kier molecular flexibility index (Phi) is 4.19. The second-order valence-electron chi connectivity index (χ2n) is 2.32. The predicted octanol–water partition coefficient (Wildman–Crippen LogP) is 1.20. The Hall–Kier alpha value is -0.780. The van der Waals surface area contributed by atoms with Crippen LogP contribution in [0, 0.1) is 0 Å². The first-order valence-electron chi connectivity index (χ1n) is 3.80. The molecule has 14 heavy (non-hydrogen) atoms. The number of hydrogen-bond acceptors (Lipinski definition) is 5. The third kappa shape index (κ3) is 2.60. The van der Waals surface area contributed by atoms with Crippen molar-refractivity contribution in [3.8, 4) is 5.75 Å². The molecule has 0 atom stereocenters. The van der Waals surface area contributed by atoms with Crippen molar-refractivity contribution in [2.24, 2.45) is 0 Å². The second-order valence-corrected chi connectivity index (χ2v) is 3.01. The molecule has 0 unspecified atom stereocenters. The Morgan fingerprint density at radius 3 is 2.71 bits per heavy atom. The van der Waals surface area contributed by atoms with Crippen LogP contribution in [0.25, 0.3) is 0 Å². The molecule has 0 fully saturated rings.